The second-order valence-corrected chi connectivity index (χ2v) is 7.97. The predicted molar refractivity (Wildman–Crippen MR) is 124 cm³/mol. The van der Waals surface area contributed by atoms with Crippen LogP contribution in [0.15, 0.2) is 66.0 Å². The minimum Gasteiger partial charge on any atom is -0.493 e. The van der Waals surface area contributed by atoms with Crippen molar-refractivity contribution >= 4 is 17.2 Å². The maximum Gasteiger partial charge on any atom is 0.254 e. The van der Waals surface area contributed by atoms with E-state index in [9.17, 15) is 13.6 Å². The molecule has 3 aromatic carbocycles. The van der Waals surface area contributed by atoms with Crippen molar-refractivity contribution in [3.63, 3.8) is 0 Å². The fraction of sp³-hybridized carbons (Fsp3) is 0.120. The Morgan fingerprint density at radius 2 is 1.67 bits per heavy atom. The Hall–Kier alpha value is -3.78. The number of nitrogens with one attached hydrogen (secondary N) is 1. The molecule has 0 fully saturated rings. The number of benzene rings is 3. The summed E-state index contributed by atoms with van der Waals surface area (Å²) in [6, 6.07) is 16.1. The van der Waals surface area contributed by atoms with Crippen LogP contribution in [0.5, 0.6) is 11.5 Å². The number of amides is 1. The van der Waals surface area contributed by atoms with Crippen LogP contribution in [-0.2, 0) is 6.54 Å². The second kappa shape index (κ2) is 9.79. The van der Waals surface area contributed by atoms with Crippen LogP contribution in [0.4, 0.5) is 8.78 Å². The highest BCUT2D eigenvalue weighted by Crippen LogP contribution is 2.34. The number of carbonyl (C=O) groups excluding carboxylic acids is 1. The van der Waals surface area contributed by atoms with Gasteiger partial charge < -0.3 is 14.8 Å². The van der Waals surface area contributed by atoms with Gasteiger partial charge in [0.15, 0.2) is 11.5 Å². The molecule has 0 atom stereocenters. The Bertz CT molecular complexity index is 1290. The average molecular weight is 467 g/mol. The van der Waals surface area contributed by atoms with Crippen LogP contribution in [0.2, 0.25) is 0 Å². The Morgan fingerprint density at radius 1 is 0.939 bits per heavy atom. The third kappa shape index (κ3) is 5.01. The highest BCUT2D eigenvalue weighted by molar-refractivity contribution is 7.13. The molecule has 5 nitrogen and oxygen atoms in total. The van der Waals surface area contributed by atoms with Gasteiger partial charge in [-0.3, -0.25) is 4.79 Å². The van der Waals surface area contributed by atoms with Gasteiger partial charge in [0.25, 0.3) is 5.91 Å². The topological polar surface area (TPSA) is 60.5 Å². The van der Waals surface area contributed by atoms with Crippen molar-refractivity contribution in [3.8, 4) is 33.3 Å². The molecule has 1 amide bonds. The molecule has 4 rings (SSSR count). The zero-order valence-corrected chi connectivity index (χ0v) is 18.7. The van der Waals surface area contributed by atoms with E-state index in [0.717, 1.165) is 39.5 Å². The summed E-state index contributed by atoms with van der Waals surface area (Å²) in [7, 11) is 3.18. The van der Waals surface area contributed by atoms with E-state index in [-0.39, 0.29) is 12.1 Å². The van der Waals surface area contributed by atoms with E-state index in [1.807, 2.05) is 47.8 Å². The van der Waals surface area contributed by atoms with E-state index in [0.29, 0.717) is 17.6 Å². The van der Waals surface area contributed by atoms with Gasteiger partial charge in [-0.15, -0.1) is 11.3 Å². The van der Waals surface area contributed by atoms with Crippen molar-refractivity contribution < 1.29 is 23.0 Å². The van der Waals surface area contributed by atoms with Gasteiger partial charge in [0.2, 0.25) is 0 Å². The number of hydrogen-bond donors (Lipinski definition) is 1. The molecule has 0 radical (unpaired) electrons. The van der Waals surface area contributed by atoms with Crippen LogP contribution in [0.25, 0.3) is 21.8 Å². The number of halogens is 2. The molecule has 4 aromatic rings. The zero-order chi connectivity index (χ0) is 23.4. The number of aromatic nitrogens is 1. The van der Waals surface area contributed by atoms with E-state index in [4.69, 9.17) is 14.5 Å². The fourth-order valence-corrected chi connectivity index (χ4v) is 4.09. The molecule has 0 saturated heterocycles. The lowest BCUT2D eigenvalue weighted by Gasteiger charge is -2.08. The van der Waals surface area contributed by atoms with E-state index in [2.05, 4.69) is 5.32 Å². The van der Waals surface area contributed by atoms with E-state index >= 15 is 0 Å². The van der Waals surface area contributed by atoms with Gasteiger partial charge in [0, 0.05) is 29.1 Å². The summed E-state index contributed by atoms with van der Waals surface area (Å²) in [4.78, 5) is 16.9. The van der Waals surface area contributed by atoms with Gasteiger partial charge in [-0.2, -0.15) is 0 Å². The van der Waals surface area contributed by atoms with Crippen molar-refractivity contribution in [2.45, 2.75) is 6.54 Å². The third-order valence-electron chi connectivity index (χ3n) is 5.01. The van der Waals surface area contributed by atoms with Crippen LogP contribution in [-0.4, -0.2) is 25.1 Å². The summed E-state index contributed by atoms with van der Waals surface area (Å²) in [5, 5.41) is 5.47. The number of nitrogens with zero attached hydrogens (tertiary/aromatic N) is 1. The van der Waals surface area contributed by atoms with Gasteiger partial charge in [0.1, 0.15) is 16.6 Å². The lowest BCUT2D eigenvalue weighted by Crippen LogP contribution is -2.23. The van der Waals surface area contributed by atoms with E-state index in [1.54, 1.807) is 14.2 Å². The minimum atomic E-state index is -0.892. The molecule has 1 N–H and O–H groups in total. The van der Waals surface area contributed by atoms with Crippen LogP contribution < -0.4 is 14.8 Å². The van der Waals surface area contributed by atoms with Gasteiger partial charge in [0.05, 0.1) is 25.5 Å². The Balaban J connectivity index is 1.44. The van der Waals surface area contributed by atoms with Crippen molar-refractivity contribution in [1.29, 1.82) is 0 Å². The summed E-state index contributed by atoms with van der Waals surface area (Å²) in [5.74, 6) is -0.929. The lowest BCUT2D eigenvalue weighted by atomic mass is 10.1. The van der Waals surface area contributed by atoms with Crippen LogP contribution in [0.1, 0.15) is 15.9 Å². The molecule has 0 saturated carbocycles. The van der Waals surface area contributed by atoms with Crippen LogP contribution in [0, 0.1) is 11.6 Å². The first-order valence-electron chi connectivity index (χ1n) is 9.99. The van der Waals surface area contributed by atoms with E-state index in [1.165, 1.54) is 11.3 Å². The number of ether oxygens (including phenoxy) is 2. The van der Waals surface area contributed by atoms with Gasteiger partial charge >= 0.3 is 0 Å². The molecule has 1 heterocycles. The Labute approximate surface area is 193 Å². The third-order valence-corrected chi connectivity index (χ3v) is 5.90. The van der Waals surface area contributed by atoms with Crippen molar-refractivity contribution in [1.82, 2.24) is 10.3 Å². The largest absolute Gasteiger partial charge is 0.493 e. The highest BCUT2D eigenvalue weighted by Gasteiger charge is 2.13. The number of thiazole rings is 1. The Morgan fingerprint density at radius 3 is 2.36 bits per heavy atom. The van der Waals surface area contributed by atoms with Crippen LogP contribution in [0.3, 0.4) is 0 Å². The molecule has 8 heteroatoms. The van der Waals surface area contributed by atoms with Crippen molar-refractivity contribution in [2.24, 2.45) is 0 Å². The molecule has 33 heavy (non-hydrogen) atoms. The molecule has 0 aliphatic carbocycles. The SMILES string of the molecule is COc1ccc(-c2csc(-c3ccc(CNC(=O)c4ccc(F)cc4F)cc3)n2)cc1OC. The summed E-state index contributed by atoms with van der Waals surface area (Å²) in [5.41, 5.74) is 3.33. The number of methoxy groups -OCH3 is 2. The highest BCUT2D eigenvalue weighted by atomic mass is 32.1. The number of rotatable bonds is 7. The molecule has 1 aromatic heterocycles. The first-order valence-corrected chi connectivity index (χ1v) is 10.9. The second-order valence-electron chi connectivity index (χ2n) is 7.11. The molecule has 0 spiro atoms. The number of carbonyl (C=O) groups is 1. The quantitative estimate of drug-likeness (QED) is 0.379. The molecule has 0 aliphatic rings. The molecule has 0 unspecified atom stereocenters. The lowest BCUT2D eigenvalue weighted by molar-refractivity contribution is 0.0947. The summed E-state index contributed by atoms with van der Waals surface area (Å²) in [6.07, 6.45) is 0. The normalized spacial score (nSPS) is 10.7. The Kier molecular flexibility index (Phi) is 6.65. The maximum absolute atomic E-state index is 13.8. The zero-order valence-electron chi connectivity index (χ0n) is 17.9. The van der Waals surface area contributed by atoms with Crippen LogP contribution >= 0.6 is 11.3 Å². The molecular formula is C25H20F2N2O3S. The molecule has 0 bridgehead atoms. The van der Waals surface area contributed by atoms with Gasteiger partial charge in [-0.1, -0.05) is 24.3 Å². The van der Waals surface area contributed by atoms with Crippen molar-refractivity contribution in [2.75, 3.05) is 14.2 Å². The smallest absolute Gasteiger partial charge is 0.254 e. The first-order chi connectivity index (χ1) is 16.0. The maximum atomic E-state index is 13.8. The first kappa shape index (κ1) is 22.4. The summed E-state index contributed by atoms with van der Waals surface area (Å²) < 4.78 is 37.4. The molecule has 168 valence electrons. The average Bonchev–Trinajstić information content (AvgIpc) is 3.33. The number of hydrogen-bond acceptors (Lipinski definition) is 5. The summed E-state index contributed by atoms with van der Waals surface area (Å²) >= 11 is 1.52. The van der Waals surface area contributed by atoms with Gasteiger partial charge in [-0.05, 0) is 35.9 Å². The molecular weight excluding hydrogens is 446 g/mol. The van der Waals surface area contributed by atoms with Crippen molar-refractivity contribution in [3.05, 3.63) is 88.8 Å². The van der Waals surface area contributed by atoms with E-state index < -0.39 is 17.5 Å². The van der Waals surface area contributed by atoms with Gasteiger partial charge in [-0.25, -0.2) is 13.8 Å². The molecule has 0 aliphatic heterocycles. The predicted octanol–water partition coefficient (Wildman–Crippen LogP) is 5.70. The minimum absolute atomic E-state index is 0.196. The standard InChI is InChI=1S/C25H20F2N2O3S/c1-31-22-10-7-17(11-23(22)32-2)21-14-33-25(29-21)16-5-3-15(4-6-16)13-28-24(30)19-9-8-18(26)12-20(19)27/h3-12,14H,13H2,1-2H3,(H,28,30). The summed E-state index contributed by atoms with van der Waals surface area (Å²) in [6.45, 7) is 0.213. The fourth-order valence-electron chi connectivity index (χ4n) is 3.25. The monoisotopic (exact) mass is 466 g/mol.